The molecule has 0 atom stereocenters. The summed E-state index contributed by atoms with van der Waals surface area (Å²) in [5.74, 6) is 0. The first kappa shape index (κ1) is 8.83. The molecule has 2 aromatic heterocycles. The molecule has 0 amide bonds. The maximum atomic E-state index is 10.8. The summed E-state index contributed by atoms with van der Waals surface area (Å²) in [4.78, 5) is 14.9. The van der Waals surface area contributed by atoms with Crippen LogP contribution in [0.25, 0.3) is 5.65 Å². The first-order valence-electron chi connectivity index (χ1n) is 4.13. The molecule has 2 rings (SSSR count). The normalized spacial score (nSPS) is 10.6. The van der Waals surface area contributed by atoms with E-state index in [9.17, 15) is 4.79 Å². The third-order valence-electron chi connectivity index (χ3n) is 1.91. The van der Waals surface area contributed by atoms with Gasteiger partial charge in [0.1, 0.15) is 5.69 Å². The van der Waals surface area contributed by atoms with Crippen molar-refractivity contribution in [1.29, 1.82) is 0 Å². The zero-order chi connectivity index (χ0) is 9.97. The molecule has 0 unspecified atom stereocenters. The highest BCUT2D eigenvalue weighted by atomic mass is 16.5. The first-order valence-corrected chi connectivity index (χ1v) is 4.13. The Kier molecular flexibility index (Phi) is 2.24. The molecule has 2 heterocycles. The number of aldehydes is 1. The van der Waals surface area contributed by atoms with Gasteiger partial charge in [0.15, 0.2) is 11.9 Å². The Morgan fingerprint density at radius 2 is 2.50 bits per heavy atom. The quantitative estimate of drug-likeness (QED) is 0.670. The fourth-order valence-electron chi connectivity index (χ4n) is 1.31. The number of carbonyl (C=O) groups is 1. The summed E-state index contributed by atoms with van der Waals surface area (Å²) in [5, 5.41) is 4.17. The number of methoxy groups -OCH3 is 1. The van der Waals surface area contributed by atoms with Crippen LogP contribution in [0.1, 0.15) is 16.1 Å². The summed E-state index contributed by atoms with van der Waals surface area (Å²) in [6, 6.07) is 1.76. The molecule has 0 saturated carbocycles. The topological polar surface area (TPSA) is 56.5 Å². The second kappa shape index (κ2) is 3.55. The van der Waals surface area contributed by atoms with Gasteiger partial charge in [0.05, 0.1) is 12.2 Å². The van der Waals surface area contributed by atoms with Gasteiger partial charge < -0.3 is 4.74 Å². The SMILES string of the molecule is COCc1nn2cccnc2c1C=O. The Morgan fingerprint density at radius 3 is 3.21 bits per heavy atom. The molecule has 0 aliphatic carbocycles. The number of aromatic nitrogens is 3. The number of fused-ring (bicyclic) bond motifs is 1. The van der Waals surface area contributed by atoms with E-state index in [4.69, 9.17) is 4.74 Å². The van der Waals surface area contributed by atoms with Gasteiger partial charge in [-0.2, -0.15) is 5.10 Å². The molecular formula is C9H9N3O2. The van der Waals surface area contributed by atoms with Crippen molar-refractivity contribution in [2.75, 3.05) is 7.11 Å². The molecule has 0 fully saturated rings. The molecule has 5 heteroatoms. The molecule has 5 nitrogen and oxygen atoms in total. The van der Waals surface area contributed by atoms with Crippen molar-refractivity contribution in [3.8, 4) is 0 Å². The van der Waals surface area contributed by atoms with Crippen LogP contribution in [0.15, 0.2) is 18.5 Å². The molecule has 72 valence electrons. The molecule has 0 aliphatic rings. The molecule has 0 aliphatic heterocycles. The number of rotatable bonds is 3. The summed E-state index contributed by atoms with van der Waals surface area (Å²) < 4.78 is 6.50. The summed E-state index contributed by atoms with van der Waals surface area (Å²) in [6.45, 7) is 0.317. The third kappa shape index (κ3) is 1.27. The van der Waals surface area contributed by atoms with E-state index in [0.29, 0.717) is 23.5 Å². The van der Waals surface area contributed by atoms with Crippen molar-refractivity contribution < 1.29 is 9.53 Å². The van der Waals surface area contributed by atoms with Crippen LogP contribution in [0.5, 0.6) is 0 Å². The van der Waals surface area contributed by atoms with E-state index in [1.165, 1.54) is 0 Å². The van der Waals surface area contributed by atoms with Gasteiger partial charge in [-0.1, -0.05) is 0 Å². The van der Waals surface area contributed by atoms with E-state index in [1.54, 1.807) is 30.1 Å². The predicted molar refractivity (Wildman–Crippen MR) is 49.1 cm³/mol. The Labute approximate surface area is 80.3 Å². The lowest BCUT2D eigenvalue weighted by Gasteiger charge is -1.91. The highest BCUT2D eigenvalue weighted by molar-refractivity contribution is 5.85. The fraction of sp³-hybridized carbons (Fsp3) is 0.222. The lowest BCUT2D eigenvalue weighted by molar-refractivity contribution is 0.111. The van der Waals surface area contributed by atoms with Gasteiger partial charge in [0, 0.05) is 19.5 Å². The van der Waals surface area contributed by atoms with Gasteiger partial charge in [0.25, 0.3) is 0 Å². The third-order valence-corrected chi connectivity index (χ3v) is 1.91. The molecule has 0 N–H and O–H groups in total. The summed E-state index contributed by atoms with van der Waals surface area (Å²) >= 11 is 0. The highest BCUT2D eigenvalue weighted by Crippen LogP contribution is 2.11. The Bertz CT molecular complexity index is 464. The largest absolute Gasteiger partial charge is 0.378 e. The summed E-state index contributed by atoms with van der Waals surface area (Å²) in [5.41, 5.74) is 1.67. The van der Waals surface area contributed by atoms with Gasteiger partial charge in [-0.15, -0.1) is 0 Å². The predicted octanol–water partition coefficient (Wildman–Crippen LogP) is 0.688. The van der Waals surface area contributed by atoms with Crippen LogP contribution < -0.4 is 0 Å². The summed E-state index contributed by atoms with van der Waals surface area (Å²) in [7, 11) is 1.56. The van der Waals surface area contributed by atoms with E-state index in [0.717, 1.165) is 6.29 Å². The maximum absolute atomic E-state index is 10.8. The van der Waals surface area contributed by atoms with E-state index >= 15 is 0 Å². The Morgan fingerprint density at radius 1 is 1.64 bits per heavy atom. The van der Waals surface area contributed by atoms with Crippen molar-refractivity contribution in [2.24, 2.45) is 0 Å². The second-order valence-electron chi connectivity index (χ2n) is 2.80. The highest BCUT2D eigenvalue weighted by Gasteiger charge is 2.11. The average molecular weight is 191 g/mol. The van der Waals surface area contributed by atoms with Crippen LogP contribution in [0.3, 0.4) is 0 Å². The van der Waals surface area contributed by atoms with Crippen molar-refractivity contribution in [2.45, 2.75) is 6.61 Å². The van der Waals surface area contributed by atoms with E-state index in [1.807, 2.05) is 0 Å². The van der Waals surface area contributed by atoms with Crippen LogP contribution >= 0.6 is 0 Å². The lowest BCUT2D eigenvalue weighted by atomic mass is 10.2. The molecule has 0 spiro atoms. The van der Waals surface area contributed by atoms with Gasteiger partial charge in [-0.3, -0.25) is 4.79 Å². The molecule has 0 bridgehead atoms. The Hall–Kier alpha value is -1.75. The maximum Gasteiger partial charge on any atom is 0.165 e. The van der Waals surface area contributed by atoms with Crippen LogP contribution in [-0.4, -0.2) is 28.0 Å². The minimum absolute atomic E-state index is 0.317. The van der Waals surface area contributed by atoms with Crippen molar-refractivity contribution in [1.82, 2.24) is 14.6 Å². The fourth-order valence-corrected chi connectivity index (χ4v) is 1.31. The van der Waals surface area contributed by atoms with Gasteiger partial charge in [0.2, 0.25) is 0 Å². The molecule has 0 aromatic carbocycles. The van der Waals surface area contributed by atoms with Gasteiger partial charge in [-0.05, 0) is 6.07 Å². The number of ether oxygens (including phenoxy) is 1. The molecule has 2 aromatic rings. The Balaban J connectivity index is 2.65. The number of nitrogens with zero attached hydrogens (tertiary/aromatic N) is 3. The zero-order valence-corrected chi connectivity index (χ0v) is 7.67. The minimum atomic E-state index is 0.317. The van der Waals surface area contributed by atoms with Crippen LogP contribution in [0, 0.1) is 0 Å². The molecule has 0 saturated heterocycles. The average Bonchev–Trinajstić information content (AvgIpc) is 2.55. The van der Waals surface area contributed by atoms with Crippen molar-refractivity contribution in [3.05, 3.63) is 29.7 Å². The first-order chi connectivity index (χ1) is 6.86. The van der Waals surface area contributed by atoms with Gasteiger partial charge >= 0.3 is 0 Å². The summed E-state index contributed by atoms with van der Waals surface area (Å²) in [6.07, 6.45) is 4.12. The van der Waals surface area contributed by atoms with Crippen LogP contribution in [-0.2, 0) is 11.3 Å². The molecule has 14 heavy (non-hydrogen) atoms. The van der Waals surface area contributed by atoms with Crippen LogP contribution in [0.4, 0.5) is 0 Å². The van der Waals surface area contributed by atoms with E-state index in [2.05, 4.69) is 10.1 Å². The van der Waals surface area contributed by atoms with Crippen molar-refractivity contribution >= 4 is 11.9 Å². The zero-order valence-electron chi connectivity index (χ0n) is 7.67. The second-order valence-corrected chi connectivity index (χ2v) is 2.80. The smallest absolute Gasteiger partial charge is 0.165 e. The van der Waals surface area contributed by atoms with E-state index < -0.39 is 0 Å². The van der Waals surface area contributed by atoms with E-state index in [-0.39, 0.29) is 0 Å². The molecular weight excluding hydrogens is 182 g/mol. The van der Waals surface area contributed by atoms with Gasteiger partial charge in [-0.25, -0.2) is 9.50 Å². The minimum Gasteiger partial charge on any atom is -0.378 e. The molecule has 0 radical (unpaired) electrons. The van der Waals surface area contributed by atoms with Crippen LogP contribution in [0.2, 0.25) is 0 Å². The number of carbonyl (C=O) groups excluding carboxylic acids is 1. The standard InChI is InChI=1S/C9H9N3O2/c1-14-6-8-7(5-13)9-10-3-2-4-12(9)11-8/h2-5H,6H2,1H3. The number of hydrogen-bond donors (Lipinski definition) is 0. The monoisotopic (exact) mass is 191 g/mol. The number of hydrogen-bond acceptors (Lipinski definition) is 4. The lowest BCUT2D eigenvalue weighted by Crippen LogP contribution is -1.92. The van der Waals surface area contributed by atoms with Crippen molar-refractivity contribution in [3.63, 3.8) is 0 Å².